The van der Waals surface area contributed by atoms with E-state index in [1.807, 2.05) is 73.5 Å². The molecule has 1 aromatic heterocycles. The van der Waals surface area contributed by atoms with Crippen molar-refractivity contribution in [3.63, 3.8) is 0 Å². The van der Waals surface area contributed by atoms with Crippen LogP contribution in [0.5, 0.6) is 0 Å². The molecule has 1 unspecified atom stereocenters. The Balaban J connectivity index is 1.43. The van der Waals surface area contributed by atoms with Crippen molar-refractivity contribution in [3.8, 4) is 0 Å². The lowest BCUT2D eigenvalue weighted by atomic mass is 9.90. The number of amidine groups is 1. The second-order valence-corrected chi connectivity index (χ2v) is 10.5. The fraction of sp³-hybridized carbons (Fsp3) is 0.226. The van der Waals surface area contributed by atoms with Gasteiger partial charge in [0.25, 0.3) is 0 Å². The minimum Gasteiger partial charge on any atom is -0.457 e. The van der Waals surface area contributed by atoms with Gasteiger partial charge in [0.15, 0.2) is 5.17 Å². The van der Waals surface area contributed by atoms with Gasteiger partial charge in [-0.2, -0.15) is 0 Å². The molecule has 0 radical (unpaired) electrons. The number of benzene rings is 2. The fourth-order valence-corrected chi connectivity index (χ4v) is 5.67. The van der Waals surface area contributed by atoms with E-state index < -0.39 is 12.0 Å². The summed E-state index contributed by atoms with van der Waals surface area (Å²) >= 11 is 1.47. The molecule has 2 aromatic carbocycles. The molecule has 2 aliphatic rings. The maximum absolute atomic E-state index is 13.7. The van der Waals surface area contributed by atoms with Crippen LogP contribution in [0.2, 0.25) is 0 Å². The van der Waals surface area contributed by atoms with E-state index in [2.05, 4.69) is 28.5 Å². The number of nitrogens with zero attached hydrogens (tertiary/aromatic N) is 3. The van der Waals surface area contributed by atoms with Crippen LogP contribution in [0.15, 0.2) is 100 Å². The van der Waals surface area contributed by atoms with Crippen LogP contribution in [0.25, 0.3) is 0 Å². The first kappa shape index (κ1) is 26.4. The maximum atomic E-state index is 13.7. The normalized spacial score (nSPS) is 16.4. The molecule has 198 valence electrons. The van der Waals surface area contributed by atoms with Gasteiger partial charge in [0.2, 0.25) is 5.91 Å². The van der Waals surface area contributed by atoms with Crippen molar-refractivity contribution in [1.29, 1.82) is 0 Å². The SMILES string of the molecule is CC1=C(C(=O)OCc2ccccc2)C(c2cc(C)ccc2C)N2C(CC(=O)NCc3ccncc3)=CSC2=N1. The summed E-state index contributed by atoms with van der Waals surface area (Å²) in [5.74, 6) is -0.525. The molecule has 3 heterocycles. The van der Waals surface area contributed by atoms with Crippen LogP contribution in [-0.4, -0.2) is 26.9 Å². The summed E-state index contributed by atoms with van der Waals surface area (Å²) in [6.45, 7) is 6.51. The molecule has 8 heteroatoms. The van der Waals surface area contributed by atoms with Crippen molar-refractivity contribution in [1.82, 2.24) is 15.2 Å². The van der Waals surface area contributed by atoms with Gasteiger partial charge in [-0.15, -0.1) is 0 Å². The van der Waals surface area contributed by atoms with Crippen LogP contribution in [0.1, 0.15) is 47.2 Å². The minimum absolute atomic E-state index is 0.112. The van der Waals surface area contributed by atoms with Crippen LogP contribution < -0.4 is 5.32 Å². The summed E-state index contributed by atoms with van der Waals surface area (Å²) in [5, 5.41) is 5.69. The molecule has 0 saturated heterocycles. The second-order valence-electron chi connectivity index (χ2n) is 9.62. The highest BCUT2D eigenvalue weighted by Gasteiger charge is 2.41. The monoisotopic (exact) mass is 538 g/mol. The third-order valence-corrected chi connectivity index (χ3v) is 7.63. The van der Waals surface area contributed by atoms with Gasteiger partial charge in [-0.1, -0.05) is 65.9 Å². The van der Waals surface area contributed by atoms with Gasteiger partial charge >= 0.3 is 5.97 Å². The molecular weight excluding hydrogens is 508 g/mol. The number of hydrogen-bond donors (Lipinski definition) is 1. The smallest absolute Gasteiger partial charge is 0.338 e. The number of rotatable bonds is 8. The summed E-state index contributed by atoms with van der Waals surface area (Å²) in [4.78, 5) is 37.5. The predicted molar refractivity (Wildman–Crippen MR) is 153 cm³/mol. The molecule has 1 amide bonds. The number of allylic oxidation sites excluding steroid dienone is 1. The molecule has 39 heavy (non-hydrogen) atoms. The summed E-state index contributed by atoms with van der Waals surface area (Å²) < 4.78 is 5.81. The number of aliphatic imine (C=N–C) groups is 1. The number of aromatic nitrogens is 1. The van der Waals surface area contributed by atoms with E-state index >= 15 is 0 Å². The molecular formula is C31H30N4O3S. The van der Waals surface area contributed by atoms with E-state index in [1.165, 1.54) is 11.8 Å². The molecule has 0 bridgehead atoms. The Hall–Kier alpha value is -4.17. The number of amides is 1. The van der Waals surface area contributed by atoms with Gasteiger partial charge in [-0.3, -0.25) is 9.78 Å². The van der Waals surface area contributed by atoms with E-state index in [4.69, 9.17) is 9.73 Å². The van der Waals surface area contributed by atoms with Crippen molar-refractivity contribution in [2.45, 2.75) is 46.4 Å². The van der Waals surface area contributed by atoms with Crippen molar-refractivity contribution in [3.05, 3.63) is 123 Å². The van der Waals surface area contributed by atoms with Crippen molar-refractivity contribution in [2.24, 2.45) is 4.99 Å². The van der Waals surface area contributed by atoms with Crippen molar-refractivity contribution in [2.75, 3.05) is 0 Å². The highest BCUT2D eigenvalue weighted by molar-refractivity contribution is 8.16. The number of nitrogens with one attached hydrogen (secondary N) is 1. The zero-order chi connectivity index (χ0) is 27.4. The van der Waals surface area contributed by atoms with Crippen LogP contribution in [0.4, 0.5) is 0 Å². The first-order valence-corrected chi connectivity index (χ1v) is 13.7. The molecule has 5 rings (SSSR count). The number of thioether (sulfide) groups is 1. The zero-order valence-corrected chi connectivity index (χ0v) is 23.0. The standard InChI is InChI=1S/C31H30N4O3S/c1-20-9-10-21(2)26(15-20)29-28(30(37)38-18-24-7-5-4-6-8-24)22(3)34-31-35(29)25(19-39-31)16-27(36)33-17-23-11-13-32-14-12-23/h4-15,19,29H,16-18H2,1-3H3,(H,33,36). The third kappa shape index (κ3) is 5.96. The summed E-state index contributed by atoms with van der Waals surface area (Å²) in [6, 6.07) is 19.1. The topological polar surface area (TPSA) is 83.9 Å². The third-order valence-electron chi connectivity index (χ3n) is 6.74. The average Bonchev–Trinajstić information content (AvgIpc) is 3.34. The van der Waals surface area contributed by atoms with E-state index in [1.54, 1.807) is 12.4 Å². The number of hydrogen-bond acceptors (Lipinski definition) is 7. The highest BCUT2D eigenvalue weighted by atomic mass is 32.2. The van der Waals surface area contributed by atoms with Crippen LogP contribution in [0, 0.1) is 13.8 Å². The Labute approximate surface area is 232 Å². The lowest BCUT2D eigenvalue weighted by Crippen LogP contribution is -2.38. The van der Waals surface area contributed by atoms with Gasteiger partial charge in [0.05, 0.1) is 23.7 Å². The molecule has 1 N–H and O–H groups in total. The largest absolute Gasteiger partial charge is 0.457 e. The number of ether oxygens (including phenoxy) is 1. The lowest BCUT2D eigenvalue weighted by molar-refractivity contribution is -0.141. The first-order chi connectivity index (χ1) is 18.9. The molecule has 0 spiro atoms. The highest BCUT2D eigenvalue weighted by Crippen LogP contribution is 2.45. The van der Waals surface area contributed by atoms with Crippen LogP contribution in [-0.2, 0) is 27.5 Å². The lowest BCUT2D eigenvalue weighted by Gasteiger charge is -2.37. The number of carbonyl (C=O) groups is 2. The predicted octanol–water partition coefficient (Wildman–Crippen LogP) is 5.72. The van der Waals surface area contributed by atoms with E-state index in [9.17, 15) is 9.59 Å². The van der Waals surface area contributed by atoms with Gasteiger partial charge in [0.1, 0.15) is 6.61 Å². The van der Waals surface area contributed by atoms with Crippen LogP contribution >= 0.6 is 11.8 Å². The van der Waals surface area contributed by atoms with Gasteiger partial charge in [0, 0.05) is 24.6 Å². The number of pyridine rings is 1. The molecule has 1 atom stereocenters. The molecule has 3 aromatic rings. The van der Waals surface area contributed by atoms with Gasteiger partial charge in [-0.05, 0) is 60.6 Å². The molecule has 0 fully saturated rings. The molecule has 2 aliphatic heterocycles. The van der Waals surface area contributed by atoms with Crippen LogP contribution in [0.3, 0.4) is 0 Å². The summed E-state index contributed by atoms with van der Waals surface area (Å²) in [7, 11) is 0. The van der Waals surface area contributed by atoms with Crippen molar-refractivity contribution >= 4 is 28.8 Å². The van der Waals surface area contributed by atoms with Gasteiger partial charge < -0.3 is 15.0 Å². The number of fused-ring (bicyclic) bond motifs is 1. The Morgan fingerprint density at radius 1 is 1.00 bits per heavy atom. The summed E-state index contributed by atoms with van der Waals surface area (Å²) in [5.41, 5.74) is 6.90. The molecule has 0 aliphatic carbocycles. The second kappa shape index (κ2) is 11.7. The van der Waals surface area contributed by atoms with E-state index in [0.29, 0.717) is 17.8 Å². The average molecular weight is 539 g/mol. The maximum Gasteiger partial charge on any atom is 0.338 e. The number of aryl methyl sites for hydroxylation is 2. The minimum atomic E-state index is -0.463. The first-order valence-electron chi connectivity index (χ1n) is 12.8. The Bertz CT molecular complexity index is 1480. The Morgan fingerprint density at radius 2 is 1.77 bits per heavy atom. The Kier molecular flexibility index (Phi) is 7.93. The van der Waals surface area contributed by atoms with E-state index in [0.717, 1.165) is 38.7 Å². The summed E-state index contributed by atoms with van der Waals surface area (Å²) in [6.07, 6.45) is 3.57. The van der Waals surface area contributed by atoms with Gasteiger partial charge in [-0.25, -0.2) is 9.79 Å². The Morgan fingerprint density at radius 3 is 2.54 bits per heavy atom. The fourth-order valence-electron chi connectivity index (χ4n) is 4.71. The molecule has 7 nitrogen and oxygen atoms in total. The molecule has 0 saturated carbocycles. The number of carbonyl (C=O) groups excluding carboxylic acids is 2. The van der Waals surface area contributed by atoms with Crippen molar-refractivity contribution < 1.29 is 14.3 Å². The quantitative estimate of drug-likeness (QED) is 0.369. The van der Waals surface area contributed by atoms with E-state index in [-0.39, 0.29) is 18.9 Å². The zero-order valence-electron chi connectivity index (χ0n) is 22.2. The number of esters is 1.